The molecule has 0 fully saturated rings. The number of carbonyl (C=O) groups excluding carboxylic acids is 1. The van der Waals surface area contributed by atoms with Gasteiger partial charge in [-0.2, -0.15) is 0 Å². The van der Waals surface area contributed by atoms with Crippen molar-refractivity contribution in [3.8, 4) is 5.19 Å². The third-order valence-corrected chi connectivity index (χ3v) is 5.70. The van der Waals surface area contributed by atoms with Gasteiger partial charge in [0, 0.05) is 11.3 Å². The molecule has 0 spiro atoms. The van der Waals surface area contributed by atoms with Crippen LogP contribution in [0.1, 0.15) is 10.4 Å². The van der Waals surface area contributed by atoms with Gasteiger partial charge in [-0.15, -0.1) is 0 Å². The average molecular weight is 379 g/mol. The molecule has 10 heteroatoms. The molecule has 1 aromatic heterocycles. The summed E-state index contributed by atoms with van der Waals surface area (Å²) in [6.45, 7) is 0. The number of thiazole rings is 1. The van der Waals surface area contributed by atoms with Crippen LogP contribution in [0, 0.1) is 0 Å². The zero-order valence-electron chi connectivity index (χ0n) is 12.9. The summed E-state index contributed by atoms with van der Waals surface area (Å²) in [5.41, 5.74) is 2.51. The van der Waals surface area contributed by atoms with Gasteiger partial charge >= 0.3 is 0 Å². The number of hydrogen-bond acceptors (Lipinski definition) is 7. The molecular weight excluding hydrogens is 366 g/mol. The van der Waals surface area contributed by atoms with E-state index < -0.39 is 15.9 Å². The minimum atomic E-state index is -3.82. The normalized spacial score (nSPS) is 11.3. The first kappa shape index (κ1) is 17.1. The second kappa shape index (κ2) is 6.67. The van der Waals surface area contributed by atoms with Crippen LogP contribution in [0.3, 0.4) is 0 Å². The van der Waals surface area contributed by atoms with Crippen LogP contribution in [0.15, 0.2) is 47.4 Å². The summed E-state index contributed by atoms with van der Waals surface area (Å²) >= 11 is 1.32. The van der Waals surface area contributed by atoms with Crippen LogP contribution in [0.5, 0.6) is 5.19 Å². The molecule has 0 atom stereocenters. The van der Waals surface area contributed by atoms with E-state index in [4.69, 9.17) is 9.94 Å². The summed E-state index contributed by atoms with van der Waals surface area (Å²) in [5.74, 6) is -0.683. The number of hydrogen-bond donors (Lipinski definition) is 3. The molecule has 3 N–H and O–H groups in total. The zero-order chi connectivity index (χ0) is 18.0. The Labute approximate surface area is 147 Å². The van der Waals surface area contributed by atoms with Gasteiger partial charge in [-0.1, -0.05) is 11.3 Å². The molecule has 0 unspecified atom stereocenters. The van der Waals surface area contributed by atoms with E-state index in [1.807, 2.05) is 0 Å². The predicted octanol–water partition coefficient (Wildman–Crippen LogP) is 2.22. The fourth-order valence-corrected chi connectivity index (χ4v) is 3.95. The Bertz CT molecular complexity index is 1030. The summed E-state index contributed by atoms with van der Waals surface area (Å²) in [4.78, 5) is 15.5. The maximum atomic E-state index is 12.5. The van der Waals surface area contributed by atoms with E-state index in [1.165, 1.54) is 60.3 Å². The highest BCUT2D eigenvalue weighted by atomic mass is 32.2. The minimum Gasteiger partial charge on any atom is -0.473 e. The van der Waals surface area contributed by atoms with Crippen molar-refractivity contribution in [3.05, 3.63) is 48.0 Å². The van der Waals surface area contributed by atoms with Crippen molar-refractivity contribution < 1.29 is 23.2 Å². The molecule has 0 radical (unpaired) electrons. The molecule has 130 valence electrons. The van der Waals surface area contributed by atoms with Crippen LogP contribution < -0.4 is 14.9 Å². The highest BCUT2D eigenvalue weighted by Crippen LogP contribution is 2.29. The number of fused-ring (bicyclic) bond motifs is 1. The number of amides is 1. The molecule has 2 aromatic carbocycles. The highest BCUT2D eigenvalue weighted by molar-refractivity contribution is 7.92. The van der Waals surface area contributed by atoms with Crippen molar-refractivity contribution in [2.45, 2.75) is 4.90 Å². The fraction of sp³-hybridized carbons (Fsp3) is 0.0667. The van der Waals surface area contributed by atoms with Gasteiger partial charge in [0.05, 0.1) is 22.2 Å². The number of rotatable bonds is 5. The van der Waals surface area contributed by atoms with Crippen LogP contribution >= 0.6 is 11.3 Å². The maximum Gasteiger partial charge on any atom is 0.274 e. The Kier molecular flexibility index (Phi) is 4.57. The SMILES string of the molecule is COc1nc2cc(S(=O)(=O)Nc3ccc(C(=O)NO)cc3)ccc2s1. The number of ether oxygens (including phenoxy) is 1. The lowest BCUT2D eigenvalue weighted by Gasteiger charge is -2.08. The standard InChI is InChI=1S/C15H13N3O5S2/c1-23-15-16-12-8-11(6-7-13(12)24-15)25(21,22)18-10-4-2-9(3-5-10)14(19)17-20/h2-8,18,20H,1H3,(H,17,19). The number of aromatic nitrogens is 1. The second-order valence-electron chi connectivity index (χ2n) is 4.94. The third-order valence-electron chi connectivity index (χ3n) is 3.33. The molecule has 3 rings (SSSR count). The zero-order valence-corrected chi connectivity index (χ0v) is 14.5. The van der Waals surface area contributed by atoms with Gasteiger partial charge < -0.3 is 4.74 Å². The van der Waals surface area contributed by atoms with Crippen molar-refractivity contribution >= 4 is 43.2 Å². The lowest BCUT2D eigenvalue weighted by atomic mass is 10.2. The van der Waals surface area contributed by atoms with Crippen LogP contribution in [0.4, 0.5) is 5.69 Å². The van der Waals surface area contributed by atoms with E-state index in [-0.39, 0.29) is 16.1 Å². The maximum absolute atomic E-state index is 12.5. The lowest BCUT2D eigenvalue weighted by Crippen LogP contribution is -2.18. The largest absolute Gasteiger partial charge is 0.473 e. The average Bonchev–Trinajstić information content (AvgIpc) is 3.03. The molecule has 3 aromatic rings. The molecule has 0 bridgehead atoms. The molecule has 0 aliphatic heterocycles. The predicted molar refractivity (Wildman–Crippen MR) is 92.7 cm³/mol. The quantitative estimate of drug-likeness (QED) is 0.462. The van der Waals surface area contributed by atoms with Gasteiger partial charge in [0.1, 0.15) is 0 Å². The van der Waals surface area contributed by atoms with E-state index in [2.05, 4.69) is 9.71 Å². The number of nitrogens with one attached hydrogen (secondary N) is 2. The van der Waals surface area contributed by atoms with Crippen molar-refractivity contribution in [3.63, 3.8) is 0 Å². The number of hydroxylamine groups is 1. The van der Waals surface area contributed by atoms with E-state index in [0.717, 1.165) is 4.70 Å². The van der Waals surface area contributed by atoms with Crippen molar-refractivity contribution in [1.29, 1.82) is 0 Å². The van der Waals surface area contributed by atoms with Gasteiger partial charge in [-0.05, 0) is 42.5 Å². The number of nitrogens with zero attached hydrogens (tertiary/aromatic N) is 1. The van der Waals surface area contributed by atoms with Crippen molar-refractivity contribution in [2.24, 2.45) is 0 Å². The number of benzene rings is 2. The fourth-order valence-electron chi connectivity index (χ4n) is 2.11. The lowest BCUT2D eigenvalue weighted by molar-refractivity contribution is 0.0706. The Hall–Kier alpha value is -2.69. The second-order valence-corrected chi connectivity index (χ2v) is 7.61. The number of carbonyl (C=O) groups is 1. The van der Waals surface area contributed by atoms with Crippen molar-refractivity contribution in [1.82, 2.24) is 10.5 Å². The van der Waals surface area contributed by atoms with Crippen molar-refractivity contribution in [2.75, 3.05) is 11.8 Å². The molecule has 1 amide bonds. The smallest absolute Gasteiger partial charge is 0.274 e. The highest BCUT2D eigenvalue weighted by Gasteiger charge is 2.16. The molecular formula is C15H13N3O5S2. The molecule has 25 heavy (non-hydrogen) atoms. The Morgan fingerprint density at radius 1 is 1.20 bits per heavy atom. The molecule has 1 heterocycles. The van der Waals surface area contributed by atoms with Crippen LogP contribution in [-0.2, 0) is 10.0 Å². The summed E-state index contributed by atoms with van der Waals surface area (Å²) in [7, 11) is -2.32. The van der Waals surface area contributed by atoms with Gasteiger partial charge in [0.2, 0.25) is 0 Å². The Morgan fingerprint density at radius 3 is 2.56 bits per heavy atom. The van der Waals surface area contributed by atoms with Crippen LogP contribution in [0.25, 0.3) is 10.2 Å². The Balaban J connectivity index is 1.87. The molecule has 0 aliphatic rings. The van der Waals surface area contributed by atoms with Gasteiger partial charge in [0.15, 0.2) is 0 Å². The third kappa shape index (κ3) is 3.55. The van der Waals surface area contributed by atoms with Crippen LogP contribution in [-0.4, -0.2) is 31.6 Å². The first-order chi connectivity index (χ1) is 11.9. The topological polar surface area (TPSA) is 118 Å². The molecule has 8 nitrogen and oxygen atoms in total. The number of methoxy groups -OCH3 is 1. The molecule has 0 saturated heterocycles. The summed E-state index contributed by atoms with van der Waals surface area (Å²) in [6, 6.07) is 10.2. The summed E-state index contributed by atoms with van der Waals surface area (Å²) in [5, 5.41) is 9.03. The van der Waals surface area contributed by atoms with Gasteiger partial charge in [-0.3, -0.25) is 14.7 Å². The summed E-state index contributed by atoms with van der Waals surface area (Å²) in [6.07, 6.45) is 0. The number of anilines is 1. The molecule has 0 aliphatic carbocycles. The van der Waals surface area contributed by atoms with Gasteiger partial charge in [0.25, 0.3) is 21.1 Å². The Morgan fingerprint density at radius 2 is 1.92 bits per heavy atom. The number of sulfonamides is 1. The monoisotopic (exact) mass is 379 g/mol. The summed E-state index contributed by atoms with van der Waals surface area (Å²) < 4.78 is 33.3. The van der Waals surface area contributed by atoms with E-state index in [1.54, 1.807) is 6.07 Å². The molecule has 0 saturated carbocycles. The van der Waals surface area contributed by atoms with E-state index >= 15 is 0 Å². The van der Waals surface area contributed by atoms with E-state index in [0.29, 0.717) is 10.7 Å². The first-order valence-electron chi connectivity index (χ1n) is 6.95. The minimum absolute atomic E-state index is 0.0603. The van der Waals surface area contributed by atoms with E-state index in [9.17, 15) is 13.2 Å². The van der Waals surface area contributed by atoms with Crippen LogP contribution in [0.2, 0.25) is 0 Å². The van der Waals surface area contributed by atoms with Gasteiger partial charge in [-0.25, -0.2) is 18.9 Å². The first-order valence-corrected chi connectivity index (χ1v) is 9.25.